The van der Waals surface area contributed by atoms with Crippen LogP contribution >= 0.6 is 15.9 Å². The number of aliphatic imine (C=N–C) groups is 1. The van der Waals surface area contributed by atoms with Crippen LogP contribution in [0.2, 0.25) is 0 Å². The molecule has 150 valence electrons. The lowest BCUT2D eigenvalue weighted by atomic mass is 9.83. The number of ether oxygens (including phenoxy) is 1. The van der Waals surface area contributed by atoms with Crippen molar-refractivity contribution in [3.05, 3.63) is 28.2 Å². The summed E-state index contributed by atoms with van der Waals surface area (Å²) in [6.07, 6.45) is 6.01. The number of anilines is 1. The van der Waals surface area contributed by atoms with E-state index in [4.69, 9.17) is 4.74 Å². The van der Waals surface area contributed by atoms with Gasteiger partial charge in [0.15, 0.2) is 5.96 Å². The number of hydrogen-bond donors (Lipinski definition) is 3. The Hall–Kier alpha value is -1.60. The van der Waals surface area contributed by atoms with E-state index in [1.807, 2.05) is 25.1 Å². The molecule has 0 aromatic heterocycles. The Kier molecular flexibility index (Phi) is 8.57. The van der Waals surface area contributed by atoms with Gasteiger partial charge >= 0.3 is 0 Å². The fourth-order valence-electron chi connectivity index (χ4n) is 3.54. The molecule has 0 heterocycles. The average Bonchev–Trinajstić information content (AvgIpc) is 3.12. The van der Waals surface area contributed by atoms with Gasteiger partial charge in [0.25, 0.3) is 0 Å². The van der Waals surface area contributed by atoms with Crippen LogP contribution in [-0.4, -0.2) is 45.7 Å². The minimum atomic E-state index is -0.103. The zero-order chi connectivity index (χ0) is 19.7. The van der Waals surface area contributed by atoms with Gasteiger partial charge in [0.05, 0.1) is 6.54 Å². The van der Waals surface area contributed by atoms with Crippen LogP contribution in [0.25, 0.3) is 0 Å². The molecule has 1 aromatic rings. The largest absolute Gasteiger partial charge is 0.385 e. The van der Waals surface area contributed by atoms with Crippen molar-refractivity contribution in [2.75, 3.05) is 39.2 Å². The van der Waals surface area contributed by atoms with Crippen LogP contribution in [-0.2, 0) is 9.53 Å². The Labute approximate surface area is 170 Å². The van der Waals surface area contributed by atoms with E-state index in [9.17, 15) is 4.79 Å². The van der Waals surface area contributed by atoms with Gasteiger partial charge in [-0.1, -0.05) is 34.8 Å². The van der Waals surface area contributed by atoms with Gasteiger partial charge in [-0.05, 0) is 49.3 Å². The fourth-order valence-corrected chi connectivity index (χ4v) is 3.90. The third-order valence-corrected chi connectivity index (χ3v) is 5.74. The summed E-state index contributed by atoms with van der Waals surface area (Å²) in [5, 5.41) is 9.43. The third kappa shape index (κ3) is 6.81. The van der Waals surface area contributed by atoms with E-state index in [2.05, 4.69) is 36.9 Å². The predicted octanol–water partition coefficient (Wildman–Crippen LogP) is 3.46. The van der Waals surface area contributed by atoms with E-state index in [0.717, 1.165) is 35.3 Å². The van der Waals surface area contributed by atoms with Gasteiger partial charge in [0.1, 0.15) is 0 Å². The highest BCUT2D eigenvalue weighted by molar-refractivity contribution is 9.10. The first kappa shape index (κ1) is 21.7. The van der Waals surface area contributed by atoms with Gasteiger partial charge < -0.3 is 20.7 Å². The molecule has 2 rings (SSSR count). The number of carbonyl (C=O) groups is 1. The van der Waals surface area contributed by atoms with E-state index >= 15 is 0 Å². The highest BCUT2D eigenvalue weighted by Gasteiger charge is 2.33. The Bertz CT molecular complexity index is 657. The molecular formula is C20H31BrN4O2. The molecule has 0 aliphatic heterocycles. The molecule has 1 aromatic carbocycles. The number of aryl methyl sites for hydroxylation is 1. The van der Waals surface area contributed by atoms with Crippen LogP contribution in [0.15, 0.2) is 27.7 Å². The predicted molar refractivity (Wildman–Crippen MR) is 114 cm³/mol. The summed E-state index contributed by atoms with van der Waals surface area (Å²) in [4.78, 5) is 16.5. The van der Waals surface area contributed by atoms with Crippen molar-refractivity contribution in [3.63, 3.8) is 0 Å². The molecule has 3 N–H and O–H groups in total. The smallest absolute Gasteiger partial charge is 0.243 e. The highest BCUT2D eigenvalue weighted by Crippen LogP contribution is 2.40. The lowest BCUT2D eigenvalue weighted by Gasteiger charge is -2.29. The number of nitrogens with zero attached hydrogens (tertiary/aromatic N) is 1. The highest BCUT2D eigenvalue weighted by atomic mass is 79.9. The molecule has 0 atom stereocenters. The van der Waals surface area contributed by atoms with E-state index in [1.165, 1.54) is 25.7 Å². The van der Waals surface area contributed by atoms with Crippen LogP contribution in [0.5, 0.6) is 0 Å². The van der Waals surface area contributed by atoms with Crippen molar-refractivity contribution in [3.8, 4) is 0 Å². The van der Waals surface area contributed by atoms with Crippen LogP contribution in [0, 0.1) is 12.3 Å². The monoisotopic (exact) mass is 438 g/mol. The SMILES string of the molecule is CN=C(NCC(=O)Nc1cc(Br)ccc1C)NCC1(CCOC)CCCC1. The summed E-state index contributed by atoms with van der Waals surface area (Å²) in [5.41, 5.74) is 2.10. The second-order valence-electron chi connectivity index (χ2n) is 7.24. The third-order valence-electron chi connectivity index (χ3n) is 5.25. The summed E-state index contributed by atoms with van der Waals surface area (Å²) < 4.78 is 6.22. The molecular weight excluding hydrogens is 408 g/mol. The van der Waals surface area contributed by atoms with Crippen molar-refractivity contribution < 1.29 is 9.53 Å². The molecule has 0 unspecified atom stereocenters. The van der Waals surface area contributed by atoms with E-state index in [1.54, 1.807) is 14.2 Å². The van der Waals surface area contributed by atoms with Crippen LogP contribution in [0.1, 0.15) is 37.7 Å². The van der Waals surface area contributed by atoms with Gasteiger partial charge in [0, 0.05) is 37.5 Å². The molecule has 0 saturated heterocycles. The zero-order valence-electron chi connectivity index (χ0n) is 16.5. The number of hydrogen-bond acceptors (Lipinski definition) is 3. The molecule has 0 bridgehead atoms. The number of rotatable bonds is 8. The van der Waals surface area contributed by atoms with Crippen molar-refractivity contribution in [1.29, 1.82) is 0 Å². The number of guanidine groups is 1. The number of amides is 1. The second-order valence-corrected chi connectivity index (χ2v) is 8.15. The average molecular weight is 439 g/mol. The van der Waals surface area contributed by atoms with Gasteiger partial charge in [-0.2, -0.15) is 0 Å². The second kappa shape index (κ2) is 10.7. The topological polar surface area (TPSA) is 74.8 Å². The Morgan fingerprint density at radius 3 is 2.70 bits per heavy atom. The summed E-state index contributed by atoms with van der Waals surface area (Å²) >= 11 is 3.43. The fraction of sp³-hybridized carbons (Fsp3) is 0.600. The normalized spacial score (nSPS) is 16.2. The van der Waals surface area contributed by atoms with E-state index in [-0.39, 0.29) is 17.9 Å². The molecule has 0 radical (unpaired) electrons. The number of benzene rings is 1. The lowest BCUT2D eigenvalue weighted by Crippen LogP contribution is -2.45. The number of halogens is 1. The number of methoxy groups -OCH3 is 1. The molecule has 7 heteroatoms. The summed E-state index contributed by atoms with van der Waals surface area (Å²) in [6.45, 7) is 3.76. The Balaban J connectivity index is 1.82. The first-order valence-electron chi connectivity index (χ1n) is 9.47. The quantitative estimate of drug-likeness (QED) is 0.429. The maximum atomic E-state index is 12.3. The first-order chi connectivity index (χ1) is 13.0. The summed E-state index contributed by atoms with van der Waals surface area (Å²) in [5.74, 6) is 0.550. The maximum absolute atomic E-state index is 12.3. The molecule has 1 saturated carbocycles. The van der Waals surface area contributed by atoms with Crippen molar-refractivity contribution in [2.24, 2.45) is 10.4 Å². The molecule has 1 amide bonds. The maximum Gasteiger partial charge on any atom is 0.243 e. The van der Waals surface area contributed by atoms with Crippen LogP contribution in [0.4, 0.5) is 5.69 Å². The summed E-state index contributed by atoms with van der Waals surface area (Å²) in [7, 11) is 3.48. The van der Waals surface area contributed by atoms with Crippen molar-refractivity contribution in [1.82, 2.24) is 10.6 Å². The van der Waals surface area contributed by atoms with Gasteiger partial charge in [-0.15, -0.1) is 0 Å². The Morgan fingerprint density at radius 2 is 2.04 bits per heavy atom. The van der Waals surface area contributed by atoms with Gasteiger partial charge in [0.2, 0.25) is 5.91 Å². The van der Waals surface area contributed by atoms with E-state index in [0.29, 0.717) is 5.96 Å². The van der Waals surface area contributed by atoms with Gasteiger partial charge in [-0.3, -0.25) is 9.79 Å². The molecule has 1 aliphatic rings. The first-order valence-corrected chi connectivity index (χ1v) is 10.3. The van der Waals surface area contributed by atoms with Crippen LogP contribution in [0.3, 0.4) is 0 Å². The molecule has 1 fully saturated rings. The zero-order valence-corrected chi connectivity index (χ0v) is 18.1. The lowest BCUT2D eigenvalue weighted by molar-refractivity contribution is -0.115. The number of nitrogens with one attached hydrogen (secondary N) is 3. The van der Waals surface area contributed by atoms with Crippen molar-refractivity contribution >= 4 is 33.5 Å². The van der Waals surface area contributed by atoms with E-state index < -0.39 is 0 Å². The molecule has 0 spiro atoms. The number of carbonyl (C=O) groups excluding carboxylic acids is 1. The summed E-state index contributed by atoms with van der Waals surface area (Å²) in [6, 6.07) is 5.83. The Morgan fingerprint density at radius 1 is 1.30 bits per heavy atom. The van der Waals surface area contributed by atoms with Crippen molar-refractivity contribution in [2.45, 2.75) is 39.0 Å². The van der Waals surface area contributed by atoms with Crippen LogP contribution < -0.4 is 16.0 Å². The molecule has 27 heavy (non-hydrogen) atoms. The minimum Gasteiger partial charge on any atom is -0.385 e. The minimum absolute atomic E-state index is 0.103. The molecule has 1 aliphatic carbocycles. The van der Waals surface area contributed by atoms with Gasteiger partial charge in [-0.25, -0.2) is 0 Å². The standard InChI is InChI=1S/C20H31BrN4O2/c1-15-6-7-16(21)12-17(15)25-18(26)13-23-19(22-2)24-14-20(10-11-27-3)8-4-5-9-20/h6-7,12H,4-5,8-11,13-14H2,1-3H3,(H,25,26)(H2,22,23,24). The molecule has 6 nitrogen and oxygen atoms in total.